The van der Waals surface area contributed by atoms with E-state index in [0.717, 1.165) is 16.5 Å². The Hall–Kier alpha value is -2.06. The highest BCUT2D eigenvalue weighted by atomic mass is 79.9. The third-order valence-corrected chi connectivity index (χ3v) is 6.44. The molecule has 2 aliphatic rings. The Morgan fingerprint density at radius 1 is 1.07 bits per heavy atom. The lowest BCUT2D eigenvalue weighted by molar-refractivity contribution is -0.122. The Bertz CT molecular complexity index is 995. The molecule has 0 spiro atoms. The molecule has 1 fully saturated rings. The standard InChI is InChI=1S/C21H20Br2N2O4/c1-28-17-6-5-12(8-18(17)29-2)11-25-19-14(9-13(22)10-15(19)23)20(26)24-7-3-4-16(24)21(25)27/h5-6,8-10,16H,3-4,7,11H2,1-2H3/t16-/m0/s1. The number of hydrogen-bond acceptors (Lipinski definition) is 4. The lowest BCUT2D eigenvalue weighted by atomic mass is 10.1. The second-order valence-electron chi connectivity index (χ2n) is 7.05. The molecule has 6 nitrogen and oxygen atoms in total. The van der Waals surface area contributed by atoms with Crippen molar-refractivity contribution in [1.29, 1.82) is 0 Å². The van der Waals surface area contributed by atoms with Crippen LogP contribution < -0.4 is 14.4 Å². The molecular weight excluding hydrogens is 504 g/mol. The summed E-state index contributed by atoms with van der Waals surface area (Å²) in [5.41, 5.74) is 2.01. The highest BCUT2D eigenvalue weighted by molar-refractivity contribution is 9.11. The molecule has 0 N–H and O–H groups in total. The minimum atomic E-state index is -0.430. The minimum absolute atomic E-state index is 0.0626. The molecule has 2 aliphatic heterocycles. The molecule has 0 bridgehead atoms. The molecule has 2 aromatic rings. The zero-order valence-electron chi connectivity index (χ0n) is 16.1. The van der Waals surface area contributed by atoms with E-state index in [2.05, 4.69) is 31.9 Å². The van der Waals surface area contributed by atoms with Gasteiger partial charge in [-0.1, -0.05) is 22.0 Å². The van der Waals surface area contributed by atoms with E-state index >= 15 is 0 Å². The Morgan fingerprint density at radius 2 is 1.83 bits per heavy atom. The first kappa shape index (κ1) is 20.2. The molecule has 152 valence electrons. The van der Waals surface area contributed by atoms with Crippen LogP contribution in [0.15, 0.2) is 39.3 Å². The van der Waals surface area contributed by atoms with Crippen molar-refractivity contribution in [2.24, 2.45) is 0 Å². The summed E-state index contributed by atoms with van der Waals surface area (Å²) >= 11 is 7.04. The molecule has 1 atom stereocenters. The Balaban J connectivity index is 1.82. The van der Waals surface area contributed by atoms with Crippen molar-refractivity contribution in [3.63, 3.8) is 0 Å². The van der Waals surface area contributed by atoms with Crippen LogP contribution in [0.4, 0.5) is 5.69 Å². The molecule has 2 aromatic carbocycles. The molecule has 0 unspecified atom stereocenters. The highest BCUT2D eigenvalue weighted by Gasteiger charge is 2.42. The molecule has 4 rings (SSSR count). The first-order chi connectivity index (χ1) is 13.9. The summed E-state index contributed by atoms with van der Waals surface area (Å²) < 4.78 is 12.2. The average Bonchev–Trinajstić information content (AvgIpc) is 3.18. The van der Waals surface area contributed by atoms with Crippen LogP contribution in [-0.2, 0) is 11.3 Å². The minimum Gasteiger partial charge on any atom is -0.493 e. The van der Waals surface area contributed by atoms with E-state index < -0.39 is 6.04 Å². The van der Waals surface area contributed by atoms with E-state index in [-0.39, 0.29) is 11.8 Å². The molecule has 0 aliphatic carbocycles. The van der Waals surface area contributed by atoms with Gasteiger partial charge in [0.25, 0.3) is 5.91 Å². The average molecular weight is 524 g/mol. The van der Waals surface area contributed by atoms with Crippen LogP contribution >= 0.6 is 31.9 Å². The van der Waals surface area contributed by atoms with Crippen molar-refractivity contribution in [3.05, 3.63) is 50.4 Å². The first-order valence-electron chi connectivity index (χ1n) is 9.27. The van der Waals surface area contributed by atoms with Crippen LogP contribution in [0.3, 0.4) is 0 Å². The van der Waals surface area contributed by atoms with Crippen molar-refractivity contribution in [2.45, 2.75) is 25.4 Å². The third kappa shape index (κ3) is 3.53. The molecule has 8 heteroatoms. The van der Waals surface area contributed by atoms with Crippen molar-refractivity contribution < 1.29 is 19.1 Å². The molecule has 0 radical (unpaired) electrons. The van der Waals surface area contributed by atoms with E-state index in [1.807, 2.05) is 24.3 Å². The summed E-state index contributed by atoms with van der Waals surface area (Å²) in [6, 6.07) is 8.80. The number of benzene rings is 2. The lowest BCUT2D eigenvalue weighted by Gasteiger charge is -2.27. The number of fused-ring (bicyclic) bond motifs is 2. The maximum absolute atomic E-state index is 13.5. The van der Waals surface area contributed by atoms with Crippen molar-refractivity contribution in [2.75, 3.05) is 25.7 Å². The van der Waals surface area contributed by atoms with Crippen molar-refractivity contribution in [3.8, 4) is 11.5 Å². The largest absolute Gasteiger partial charge is 0.493 e. The van der Waals surface area contributed by atoms with E-state index in [9.17, 15) is 9.59 Å². The molecule has 0 saturated carbocycles. The van der Waals surface area contributed by atoms with E-state index in [1.54, 1.807) is 30.1 Å². The van der Waals surface area contributed by atoms with Gasteiger partial charge in [-0.2, -0.15) is 0 Å². The number of carbonyl (C=O) groups is 2. The molecule has 2 amide bonds. The maximum Gasteiger partial charge on any atom is 0.256 e. The first-order valence-corrected chi connectivity index (χ1v) is 10.9. The third-order valence-electron chi connectivity index (χ3n) is 5.38. The maximum atomic E-state index is 13.5. The number of carbonyl (C=O) groups excluding carboxylic acids is 2. The van der Waals surface area contributed by atoms with Crippen LogP contribution in [-0.4, -0.2) is 43.5 Å². The van der Waals surface area contributed by atoms with Crippen LogP contribution in [0.5, 0.6) is 11.5 Å². The summed E-state index contributed by atoms with van der Waals surface area (Å²) in [5.74, 6) is 1.06. The summed E-state index contributed by atoms with van der Waals surface area (Å²) in [6.45, 7) is 0.924. The Kier molecular flexibility index (Phi) is 5.57. The number of rotatable bonds is 4. The SMILES string of the molecule is COc1ccc(CN2C(=O)[C@@H]3CCCN3C(=O)c3cc(Br)cc(Br)c32)cc1OC. The second kappa shape index (κ2) is 7.99. The normalized spacial score (nSPS) is 18.4. The molecule has 29 heavy (non-hydrogen) atoms. The van der Waals surface area contributed by atoms with Crippen molar-refractivity contribution >= 4 is 49.4 Å². The van der Waals surface area contributed by atoms with Gasteiger partial charge < -0.3 is 19.3 Å². The number of anilines is 1. The predicted molar refractivity (Wildman–Crippen MR) is 117 cm³/mol. The number of nitrogens with zero attached hydrogens (tertiary/aromatic N) is 2. The number of hydrogen-bond donors (Lipinski definition) is 0. The molecule has 1 saturated heterocycles. The van der Waals surface area contributed by atoms with Gasteiger partial charge in [-0.3, -0.25) is 9.59 Å². The van der Waals surface area contributed by atoms with Gasteiger partial charge in [0.05, 0.1) is 32.0 Å². The number of methoxy groups -OCH3 is 2. The number of halogens is 2. The quantitative estimate of drug-likeness (QED) is 0.596. The van der Waals surface area contributed by atoms with Gasteiger partial charge in [0, 0.05) is 15.5 Å². The summed E-state index contributed by atoms with van der Waals surface area (Å²) in [7, 11) is 3.17. The van der Waals surface area contributed by atoms with Gasteiger partial charge in [-0.05, 0) is 58.6 Å². The second-order valence-corrected chi connectivity index (χ2v) is 8.82. The fourth-order valence-corrected chi connectivity index (χ4v) is 5.47. The van der Waals surface area contributed by atoms with Gasteiger partial charge >= 0.3 is 0 Å². The molecular formula is C21H20Br2N2O4. The summed E-state index contributed by atoms with van der Waals surface area (Å²) in [6.07, 6.45) is 1.51. The zero-order chi connectivity index (χ0) is 20.7. The number of amides is 2. The zero-order valence-corrected chi connectivity index (χ0v) is 19.2. The van der Waals surface area contributed by atoms with Crippen LogP contribution in [0.2, 0.25) is 0 Å². The Morgan fingerprint density at radius 3 is 2.55 bits per heavy atom. The van der Waals surface area contributed by atoms with Crippen molar-refractivity contribution in [1.82, 2.24) is 4.90 Å². The number of ether oxygens (including phenoxy) is 2. The molecule has 0 aromatic heterocycles. The summed E-state index contributed by atoms with van der Waals surface area (Å²) in [5, 5.41) is 0. The Labute approximate surface area is 186 Å². The molecule has 2 heterocycles. The van der Waals surface area contributed by atoms with E-state index in [1.165, 1.54) is 0 Å². The smallest absolute Gasteiger partial charge is 0.256 e. The van der Waals surface area contributed by atoms with Crippen LogP contribution in [0.1, 0.15) is 28.8 Å². The van der Waals surface area contributed by atoms with E-state index in [0.29, 0.717) is 46.7 Å². The highest BCUT2D eigenvalue weighted by Crippen LogP contribution is 2.40. The van der Waals surface area contributed by atoms with Gasteiger partial charge in [0.2, 0.25) is 5.91 Å². The topological polar surface area (TPSA) is 59.1 Å². The van der Waals surface area contributed by atoms with Gasteiger partial charge in [0.15, 0.2) is 11.5 Å². The van der Waals surface area contributed by atoms with E-state index in [4.69, 9.17) is 9.47 Å². The fraction of sp³-hybridized carbons (Fsp3) is 0.333. The van der Waals surface area contributed by atoms with Gasteiger partial charge in [-0.15, -0.1) is 0 Å². The van der Waals surface area contributed by atoms with Crippen LogP contribution in [0.25, 0.3) is 0 Å². The lowest BCUT2D eigenvalue weighted by Crippen LogP contribution is -2.44. The predicted octanol–water partition coefficient (Wildman–Crippen LogP) is 4.38. The monoisotopic (exact) mass is 522 g/mol. The summed E-state index contributed by atoms with van der Waals surface area (Å²) in [4.78, 5) is 30.1. The van der Waals surface area contributed by atoms with Gasteiger partial charge in [0.1, 0.15) is 6.04 Å². The fourth-order valence-electron chi connectivity index (χ4n) is 4.03. The van der Waals surface area contributed by atoms with Gasteiger partial charge in [-0.25, -0.2) is 0 Å². The van der Waals surface area contributed by atoms with Crippen LogP contribution in [0, 0.1) is 0 Å².